The fourth-order valence-corrected chi connectivity index (χ4v) is 4.14. The molecule has 7 nitrogen and oxygen atoms in total. The molecule has 1 aliphatic heterocycles. The Kier molecular flexibility index (Phi) is 4.86. The second-order valence-electron chi connectivity index (χ2n) is 7.64. The monoisotopic (exact) mass is 413 g/mol. The van der Waals surface area contributed by atoms with E-state index in [0.29, 0.717) is 18.7 Å². The Balaban J connectivity index is 1.59. The van der Waals surface area contributed by atoms with Crippen LogP contribution >= 0.6 is 0 Å². The summed E-state index contributed by atoms with van der Waals surface area (Å²) in [6.45, 7) is 6.18. The predicted molar refractivity (Wildman–Crippen MR) is 119 cm³/mol. The number of fused-ring (bicyclic) bond motifs is 2. The first kappa shape index (κ1) is 19.2. The van der Waals surface area contributed by atoms with E-state index in [2.05, 4.69) is 30.7 Å². The van der Waals surface area contributed by atoms with Crippen LogP contribution in [-0.2, 0) is 17.8 Å². The summed E-state index contributed by atoms with van der Waals surface area (Å²) >= 11 is 0. The van der Waals surface area contributed by atoms with Gasteiger partial charge >= 0.3 is 5.97 Å². The van der Waals surface area contributed by atoms with E-state index in [1.807, 2.05) is 56.3 Å². The molecule has 0 amide bonds. The van der Waals surface area contributed by atoms with E-state index in [1.54, 1.807) is 6.20 Å². The van der Waals surface area contributed by atoms with Crippen LogP contribution < -0.4 is 4.90 Å². The van der Waals surface area contributed by atoms with Crippen molar-refractivity contribution in [2.75, 3.05) is 18.1 Å². The van der Waals surface area contributed by atoms with Crippen molar-refractivity contribution in [1.29, 1.82) is 0 Å². The number of anilines is 1. The first-order valence-corrected chi connectivity index (χ1v) is 10.4. The van der Waals surface area contributed by atoms with Crippen molar-refractivity contribution in [3.63, 3.8) is 0 Å². The van der Waals surface area contributed by atoms with Crippen molar-refractivity contribution in [2.45, 2.75) is 26.9 Å². The van der Waals surface area contributed by atoms with Gasteiger partial charge in [-0.2, -0.15) is 0 Å². The average molecular weight is 413 g/mol. The lowest BCUT2D eigenvalue weighted by atomic mass is 10.0. The van der Waals surface area contributed by atoms with Crippen LogP contribution in [0.5, 0.6) is 0 Å². The van der Waals surface area contributed by atoms with Crippen LogP contribution in [0.25, 0.3) is 22.3 Å². The normalized spacial score (nSPS) is 13.3. The Morgan fingerprint density at radius 1 is 1.10 bits per heavy atom. The number of carbonyl (C=O) groups is 1. The standard InChI is InChI=1S/C24H23N5O2/c1-3-31-24(30)19-14-25-20-10-9-16(2)13-18(20)22(19)28-11-12-29-21(15-28)26-27-23(29)17-7-5-4-6-8-17/h4-10,13-14H,3,11-12,15H2,1-2H3. The molecule has 0 N–H and O–H groups in total. The number of carbonyl (C=O) groups excluding carboxylic acids is 1. The zero-order valence-corrected chi connectivity index (χ0v) is 17.6. The number of hydrogen-bond acceptors (Lipinski definition) is 6. The van der Waals surface area contributed by atoms with E-state index < -0.39 is 0 Å². The molecule has 0 atom stereocenters. The van der Waals surface area contributed by atoms with Gasteiger partial charge in [-0.25, -0.2) is 4.79 Å². The average Bonchev–Trinajstić information content (AvgIpc) is 3.22. The van der Waals surface area contributed by atoms with Gasteiger partial charge in [0.05, 0.1) is 24.4 Å². The summed E-state index contributed by atoms with van der Waals surface area (Å²) in [5.74, 6) is 1.39. The zero-order chi connectivity index (χ0) is 21.4. The number of ether oxygens (including phenoxy) is 1. The van der Waals surface area contributed by atoms with Crippen molar-refractivity contribution in [2.24, 2.45) is 0 Å². The number of pyridine rings is 1. The molecule has 7 heteroatoms. The van der Waals surface area contributed by atoms with Crippen LogP contribution in [0.3, 0.4) is 0 Å². The van der Waals surface area contributed by atoms with Crippen LogP contribution in [0.15, 0.2) is 54.7 Å². The van der Waals surface area contributed by atoms with E-state index in [0.717, 1.165) is 52.5 Å². The van der Waals surface area contributed by atoms with Crippen LogP contribution in [-0.4, -0.2) is 38.9 Å². The van der Waals surface area contributed by atoms with Crippen LogP contribution in [0, 0.1) is 6.92 Å². The summed E-state index contributed by atoms with van der Waals surface area (Å²) in [6.07, 6.45) is 1.62. The summed E-state index contributed by atoms with van der Waals surface area (Å²) in [5, 5.41) is 9.84. The van der Waals surface area contributed by atoms with E-state index in [9.17, 15) is 4.79 Å². The van der Waals surface area contributed by atoms with Crippen molar-refractivity contribution >= 4 is 22.6 Å². The molecule has 0 saturated heterocycles. The topological polar surface area (TPSA) is 73.1 Å². The maximum Gasteiger partial charge on any atom is 0.341 e. The van der Waals surface area contributed by atoms with Crippen molar-refractivity contribution in [3.05, 3.63) is 71.7 Å². The highest BCUT2D eigenvalue weighted by atomic mass is 16.5. The van der Waals surface area contributed by atoms with Crippen LogP contribution in [0.4, 0.5) is 5.69 Å². The molecule has 0 fully saturated rings. The Labute approximate surface area is 180 Å². The second-order valence-corrected chi connectivity index (χ2v) is 7.64. The van der Waals surface area contributed by atoms with Crippen LogP contribution in [0.2, 0.25) is 0 Å². The van der Waals surface area contributed by atoms with E-state index in [4.69, 9.17) is 4.74 Å². The number of hydrogen-bond donors (Lipinski definition) is 0. The lowest BCUT2D eigenvalue weighted by Gasteiger charge is -2.31. The molecule has 0 saturated carbocycles. The fourth-order valence-electron chi connectivity index (χ4n) is 4.14. The second kappa shape index (κ2) is 7.83. The highest BCUT2D eigenvalue weighted by Gasteiger charge is 2.27. The third kappa shape index (κ3) is 3.42. The smallest absolute Gasteiger partial charge is 0.341 e. The molecule has 31 heavy (non-hydrogen) atoms. The molecule has 0 bridgehead atoms. The third-order valence-corrected chi connectivity index (χ3v) is 5.59. The molecule has 0 aliphatic carbocycles. The van der Waals surface area contributed by atoms with Crippen molar-refractivity contribution in [1.82, 2.24) is 19.7 Å². The maximum absolute atomic E-state index is 12.7. The van der Waals surface area contributed by atoms with E-state index in [1.165, 1.54) is 0 Å². The quantitative estimate of drug-likeness (QED) is 0.471. The molecule has 0 spiro atoms. The number of aryl methyl sites for hydroxylation is 1. The molecule has 0 radical (unpaired) electrons. The molecule has 156 valence electrons. The van der Waals surface area contributed by atoms with Gasteiger partial charge in [-0.05, 0) is 26.0 Å². The van der Waals surface area contributed by atoms with Gasteiger partial charge in [0, 0.05) is 30.2 Å². The van der Waals surface area contributed by atoms with Crippen molar-refractivity contribution < 1.29 is 9.53 Å². The SMILES string of the molecule is CCOC(=O)c1cnc2ccc(C)cc2c1N1CCn2c(nnc2-c2ccccc2)C1. The first-order chi connectivity index (χ1) is 15.2. The predicted octanol–water partition coefficient (Wildman–Crippen LogP) is 4.00. The van der Waals surface area contributed by atoms with Gasteiger partial charge in [0.2, 0.25) is 0 Å². The lowest BCUT2D eigenvalue weighted by molar-refractivity contribution is 0.0526. The molecular formula is C24H23N5O2. The Bertz CT molecular complexity index is 1270. The number of aromatic nitrogens is 4. The zero-order valence-electron chi connectivity index (χ0n) is 17.6. The number of nitrogens with zero attached hydrogens (tertiary/aromatic N) is 5. The summed E-state index contributed by atoms with van der Waals surface area (Å²) < 4.78 is 7.49. The Hall–Kier alpha value is -3.74. The van der Waals surface area contributed by atoms with Gasteiger partial charge in [-0.3, -0.25) is 4.98 Å². The van der Waals surface area contributed by atoms with Gasteiger partial charge in [-0.15, -0.1) is 10.2 Å². The van der Waals surface area contributed by atoms with Crippen LogP contribution in [0.1, 0.15) is 28.7 Å². The fraction of sp³-hybridized carbons (Fsp3) is 0.250. The number of benzene rings is 2. The maximum atomic E-state index is 12.7. The van der Waals surface area contributed by atoms with Gasteiger partial charge in [0.1, 0.15) is 5.56 Å². The minimum Gasteiger partial charge on any atom is -0.462 e. The molecular weight excluding hydrogens is 390 g/mol. The third-order valence-electron chi connectivity index (χ3n) is 5.59. The number of rotatable bonds is 4. The Morgan fingerprint density at radius 2 is 1.94 bits per heavy atom. The first-order valence-electron chi connectivity index (χ1n) is 10.4. The van der Waals surface area contributed by atoms with Gasteiger partial charge in [-0.1, -0.05) is 42.0 Å². The van der Waals surface area contributed by atoms with Crippen molar-refractivity contribution in [3.8, 4) is 11.4 Å². The highest BCUT2D eigenvalue weighted by Crippen LogP contribution is 2.34. The number of esters is 1. The molecule has 3 heterocycles. The highest BCUT2D eigenvalue weighted by molar-refractivity contribution is 6.05. The summed E-state index contributed by atoms with van der Waals surface area (Å²) in [6, 6.07) is 16.2. The largest absolute Gasteiger partial charge is 0.462 e. The van der Waals surface area contributed by atoms with E-state index >= 15 is 0 Å². The van der Waals surface area contributed by atoms with Gasteiger partial charge in [0.25, 0.3) is 0 Å². The molecule has 5 rings (SSSR count). The summed E-state index contributed by atoms with van der Waals surface area (Å²) in [5.41, 5.74) is 4.35. The van der Waals surface area contributed by atoms with E-state index in [-0.39, 0.29) is 5.97 Å². The Morgan fingerprint density at radius 3 is 2.74 bits per heavy atom. The molecule has 2 aromatic heterocycles. The lowest BCUT2D eigenvalue weighted by Crippen LogP contribution is -2.35. The molecule has 1 aliphatic rings. The molecule has 4 aromatic rings. The summed E-state index contributed by atoms with van der Waals surface area (Å²) in [4.78, 5) is 19.4. The molecule has 2 aromatic carbocycles. The van der Waals surface area contributed by atoms with Gasteiger partial charge in [0.15, 0.2) is 11.6 Å². The minimum atomic E-state index is -0.356. The minimum absolute atomic E-state index is 0.318. The summed E-state index contributed by atoms with van der Waals surface area (Å²) in [7, 11) is 0. The molecule has 0 unspecified atom stereocenters. The van der Waals surface area contributed by atoms with Gasteiger partial charge < -0.3 is 14.2 Å².